The van der Waals surface area contributed by atoms with Crippen LogP contribution in [0, 0.1) is 10.1 Å². The van der Waals surface area contributed by atoms with E-state index in [4.69, 9.17) is 33.7 Å². The number of benzene rings is 2. The molecule has 0 aliphatic rings. The van der Waals surface area contributed by atoms with Crippen LogP contribution in [0.5, 0.6) is 11.5 Å². The third kappa shape index (κ3) is 5.73. The van der Waals surface area contributed by atoms with Crippen LogP contribution < -0.4 is 21.1 Å². The lowest BCUT2D eigenvalue weighted by molar-refractivity contribution is -0.384. The van der Waals surface area contributed by atoms with Gasteiger partial charge in [-0.2, -0.15) is 13.2 Å². The zero-order chi connectivity index (χ0) is 24.3. The predicted octanol–water partition coefficient (Wildman–Crippen LogP) is 6.33. The van der Waals surface area contributed by atoms with Crippen LogP contribution in [0.2, 0.25) is 10.0 Å². The minimum Gasteiger partial charge on any atom is -0.448 e. The molecule has 2 amide bonds. The van der Waals surface area contributed by atoms with Crippen LogP contribution in [0.25, 0.3) is 0 Å². The average Bonchev–Trinajstić information content (AvgIpc) is 2.71. The molecule has 172 valence electrons. The Morgan fingerprint density at radius 2 is 1.82 bits per heavy atom. The molecule has 0 aliphatic carbocycles. The molecule has 0 spiro atoms. The van der Waals surface area contributed by atoms with E-state index in [1.54, 1.807) is 0 Å². The second-order valence-corrected chi connectivity index (χ2v) is 7.14. The van der Waals surface area contributed by atoms with Gasteiger partial charge >= 0.3 is 17.9 Å². The van der Waals surface area contributed by atoms with Gasteiger partial charge in [-0.25, -0.2) is 9.78 Å². The Morgan fingerprint density at radius 3 is 2.48 bits per heavy atom. The van der Waals surface area contributed by atoms with Crippen molar-refractivity contribution in [2.45, 2.75) is 6.18 Å². The van der Waals surface area contributed by atoms with Gasteiger partial charge in [-0.05, 0) is 24.3 Å². The number of aromatic nitrogens is 1. The number of alkyl halides is 3. The molecule has 14 heteroatoms. The van der Waals surface area contributed by atoms with E-state index in [0.717, 1.165) is 18.2 Å². The summed E-state index contributed by atoms with van der Waals surface area (Å²) < 4.78 is 44.0. The summed E-state index contributed by atoms with van der Waals surface area (Å²) in [6.07, 6.45) is -3.40. The first-order valence-corrected chi connectivity index (χ1v) is 9.52. The summed E-state index contributed by atoms with van der Waals surface area (Å²) in [4.78, 5) is 26.4. The molecule has 3 aromatic rings. The van der Waals surface area contributed by atoms with E-state index < -0.39 is 28.4 Å². The van der Waals surface area contributed by atoms with E-state index in [0.29, 0.717) is 0 Å². The Balaban J connectivity index is 1.83. The Bertz CT molecular complexity index is 1240. The van der Waals surface area contributed by atoms with Crippen molar-refractivity contribution in [3.63, 3.8) is 0 Å². The molecule has 1 aromatic heterocycles. The summed E-state index contributed by atoms with van der Waals surface area (Å²) in [5.41, 5.74) is 3.82. The number of nitrogens with two attached hydrogens (primary N) is 1. The van der Waals surface area contributed by atoms with Crippen LogP contribution in [0.4, 0.5) is 40.8 Å². The Hall–Kier alpha value is -3.77. The maximum Gasteiger partial charge on any atom is 0.416 e. The Labute approximate surface area is 193 Å². The van der Waals surface area contributed by atoms with Gasteiger partial charge in [0.05, 0.1) is 26.2 Å². The predicted molar refractivity (Wildman–Crippen MR) is 116 cm³/mol. The molecule has 0 bridgehead atoms. The van der Waals surface area contributed by atoms with Crippen molar-refractivity contribution < 1.29 is 27.6 Å². The first-order valence-electron chi connectivity index (χ1n) is 8.76. The monoisotopic (exact) mass is 501 g/mol. The summed E-state index contributed by atoms with van der Waals surface area (Å²) in [5, 5.41) is 15.8. The van der Waals surface area contributed by atoms with Crippen LogP contribution in [-0.4, -0.2) is 15.9 Å². The molecule has 0 unspecified atom stereocenters. The molecule has 9 nitrogen and oxygen atoms in total. The van der Waals surface area contributed by atoms with E-state index >= 15 is 0 Å². The number of halogens is 5. The number of carbonyl (C=O) groups excluding carboxylic acids is 1. The molecular formula is C19H12Cl2F3N5O4. The first kappa shape index (κ1) is 23.9. The van der Waals surface area contributed by atoms with Crippen molar-refractivity contribution in [3.05, 3.63) is 74.4 Å². The lowest BCUT2D eigenvalue weighted by Gasteiger charge is -2.14. The first-order chi connectivity index (χ1) is 15.5. The second-order valence-electron chi connectivity index (χ2n) is 6.32. The van der Waals surface area contributed by atoms with Crippen molar-refractivity contribution in [2.75, 3.05) is 16.4 Å². The minimum absolute atomic E-state index is 0.0321. The number of hydrogen-bond acceptors (Lipinski definition) is 6. The van der Waals surface area contributed by atoms with E-state index in [1.807, 2.05) is 0 Å². The van der Waals surface area contributed by atoms with Crippen molar-refractivity contribution >= 4 is 52.1 Å². The van der Waals surface area contributed by atoms with E-state index in [1.165, 1.54) is 30.5 Å². The number of urea groups is 1. The average molecular weight is 502 g/mol. The van der Waals surface area contributed by atoms with Gasteiger partial charge in [-0.15, -0.1) is 0 Å². The summed E-state index contributed by atoms with van der Waals surface area (Å²) in [6.45, 7) is 0. The molecule has 2 aromatic carbocycles. The number of anilines is 3. The van der Waals surface area contributed by atoms with Gasteiger partial charge in [0.1, 0.15) is 5.75 Å². The number of hydrogen-bond donors (Lipinski definition) is 3. The summed E-state index contributed by atoms with van der Waals surface area (Å²) in [5.74, 6) is -0.776. The van der Waals surface area contributed by atoms with Gasteiger partial charge in [0.15, 0.2) is 0 Å². The Morgan fingerprint density at radius 1 is 1.09 bits per heavy atom. The van der Waals surface area contributed by atoms with Crippen LogP contribution >= 0.6 is 23.2 Å². The zero-order valence-electron chi connectivity index (χ0n) is 16.1. The quantitative estimate of drug-likeness (QED) is 0.276. The fourth-order valence-corrected chi connectivity index (χ4v) is 3.07. The molecular weight excluding hydrogens is 490 g/mol. The number of carbonyl (C=O) groups is 1. The number of rotatable bonds is 5. The van der Waals surface area contributed by atoms with Crippen molar-refractivity contribution in [2.24, 2.45) is 0 Å². The topological polar surface area (TPSA) is 132 Å². The van der Waals surface area contributed by atoms with Crippen molar-refractivity contribution in [3.8, 4) is 11.5 Å². The van der Waals surface area contributed by atoms with E-state index in [2.05, 4.69) is 15.6 Å². The standard InChI is InChI=1S/C19H12Cl2F3N5O4/c20-11-7-12(21)15(33-14-4-5-26-17(25)16(14)29(31)32)8-13(11)28-18(30)27-10-3-1-2-9(6-10)19(22,23)24/h1-8H,(H2,25,26)(H2,27,28,30). The molecule has 3 rings (SSSR count). The fraction of sp³-hybridized carbons (Fsp3) is 0.0526. The molecule has 33 heavy (non-hydrogen) atoms. The third-order valence-electron chi connectivity index (χ3n) is 4.04. The number of nitrogen functional groups attached to an aromatic ring is 1. The van der Waals surface area contributed by atoms with Crippen LogP contribution in [0.15, 0.2) is 48.7 Å². The van der Waals surface area contributed by atoms with Crippen LogP contribution in [0.1, 0.15) is 5.56 Å². The maximum absolute atomic E-state index is 12.8. The number of ether oxygens (including phenoxy) is 1. The highest BCUT2D eigenvalue weighted by molar-refractivity contribution is 6.37. The number of nitrogens with one attached hydrogen (secondary N) is 2. The number of pyridine rings is 1. The zero-order valence-corrected chi connectivity index (χ0v) is 17.6. The van der Waals surface area contributed by atoms with Crippen molar-refractivity contribution in [1.29, 1.82) is 0 Å². The third-order valence-corrected chi connectivity index (χ3v) is 4.64. The highest BCUT2D eigenvalue weighted by Gasteiger charge is 2.30. The highest BCUT2D eigenvalue weighted by Crippen LogP contribution is 2.40. The van der Waals surface area contributed by atoms with Gasteiger partial charge in [-0.3, -0.25) is 10.1 Å². The van der Waals surface area contributed by atoms with E-state index in [9.17, 15) is 28.1 Å². The van der Waals surface area contributed by atoms with Crippen LogP contribution in [-0.2, 0) is 6.18 Å². The molecule has 0 saturated carbocycles. The minimum atomic E-state index is -4.58. The largest absolute Gasteiger partial charge is 0.448 e. The van der Waals surface area contributed by atoms with Gasteiger partial charge in [-0.1, -0.05) is 29.3 Å². The number of nitrogens with zero attached hydrogens (tertiary/aromatic N) is 2. The lowest BCUT2D eigenvalue weighted by Crippen LogP contribution is -2.20. The highest BCUT2D eigenvalue weighted by atomic mass is 35.5. The lowest BCUT2D eigenvalue weighted by atomic mass is 10.2. The van der Waals surface area contributed by atoms with Crippen molar-refractivity contribution in [1.82, 2.24) is 4.98 Å². The fourth-order valence-electron chi connectivity index (χ4n) is 2.60. The van der Waals surface area contributed by atoms with E-state index in [-0.39, 0.29) is 38.7 Å². The SMILES string of the molecule is Nc1nccc(Oc2cc(NC(=O)Nc3cccc(C(F)(F)F)c3)c(Cl)cc2Cl)c1[N+](=O)[O-]. The molecule has 0 aliphatic heterocycles. The molecule has 0 radical (unpaired) electrons. The molecule has 1 heterocycles. The smallest absolute Gasteiger partial charge is 0.416 e. The number of amides is 2. The normalized spacial score (nSPS) is 11.1. The Kier molecular flexibility index (Phi) is 6.79. The molecule has 0 atom stereocenters. The summed E-state index contributed by atoms with van der Waals surface area (Å²) >= 11 is 12.2. The van der Waals surface area contributed by atoms with Gasteiger partial charge in [0.25, 0.3) is 0 Å². The number of nitro groups is 1. The van der Waals surface area contributed by atoms with Gasteiger partial charge in [0.2, 0.25) is 11.6 Å². The summed E-state index contributed by atoms with van der Waals surface area (Å²) in [7, 11) is 0. The van der Waals surface area contributed by atoms with Gasteiger partial charge in [0, 0.05) is 24.0 Å². The second kappa shape index (κ2) is 9.38. The summed E-state index contributed by atoms with van der Waals surface area (Å²) in [6, 6.07) is 6.66. The maximum atomic E-state index is 12.8. The van der Waals surface area contributed by atoms with Crippen LogP contribution in [0.3, 0.4) is 0 Å². The molecule has 4 N–H and O–H groups in total. The van der Waals surface area contributed by atoms with Gasteiger partial charge < -0.3 is 21.1 Å². The molecule has 0 fully saturated rings. The molecule has 0 saturated heterocycles.